The molecule has 2 unspecified atom stereocenters. The van der Waals surface area contributed by atoms with Crippen molar-refractivity contribution in [3.8, 4) is 0 Å². The van der Waals surface area contributed by atoms with Crippen molar-refractivity contribution in [3.05, 3.63) is 0 Å². The van der Waals surface area contributed by atoms with Crippen LogP contribution in [0.5, 0.6) is 0 Å². The molecule has 4 nitrogen and oxygen atoms in total. The van der Waals surface area contributed by atoms with Crippen LogP contribution >= 0.6 is 0 Å². The van der Waals surface area contributed by atoms with Crippen molar-refractivity contribution in [3.63, 3.8) is 0 Å². The molecular weight excluding hydrogens is 190 g/mol. The number of likely N-dealkylation sites (N-methyl/N-ethyl adjacent to an activating group) is 2. The van der Waals surface area contributed by atoms with Crippen LogP contribution in [0.1, 0.15) is 27.2 Å². The highest BCUT2D eigenvalue weighted by molar-refractivity contribution is 5.77. The molecule has 0 rings (SSSR count). The van der Waals surface area contributed by atoms with E-state index < -0.39 is 0 Å². The van der Waals surface area contributed by atoms with Crippen LogP contribution in [0, 0.1) is 11.8 Å². The lowest BCUT2D eigenvalue weighted by atomic mass is 9.95. The van der Waals surface area contributed by atoms with Gasteiger partial charge in [-0.15, -0.1) is 0 Å². The van der Waals surface area contributed by atoms with Gasteiger partial charge in [0.25, 0.3) is 0 Å². The van der Waals surface area contributed by atoms with Crippen molar-refractivity contribution in [2.45, 2.75) is 27.2 Å². The van der Waals surface area contributed by atoms with Crippen LogP contribution in [-0.2, 0) is 4.79 Å². The monoisotopic (exact) mass is 213 g/mol. The highest BCUT2D eigenvalue weighted by Crippen LogP contribution is 2.11. The van der Waals surface area contributed by atoms with Gasteiger partial charge < -0.3 is 5.32 Å². The largest absolute Gasteiger partial charge is 0.358 e. The van der Waals surface area contributed by atoms with Gasteiger partial charge in [-0.3, -0.25) is 9.80 Å². The Balaban J connectivity index is 3.99. The normalized spacial score (nSPS) is 15.0. The third kappa shape index (κ3) is 6.10. The summed E-state index contributed by atoms with van der Waals surface area (Å²) in [6.45, 7) is 6.82. The minimum absolute atomic E-state index is 0.0224. The van der Waals surface area contributed by atoms with E-state index in [1.165, 1.54) is 0 Å². The molecule has 4 heteroatoms. The summed E-state index contributed by atoms with van der Waals surface area (Å²) in [5.74, 6) is 1.05. The molecule has 2 atom stereocenters. The van der Waals surface area contributed by atoms with E-state index in [0.29, 0.717) is 18.4 Å². The van der Waals surface area contributed by atoms with E-state index >= 15 is 0 Å². The number of nitrogens with one attached hydrogen (secondary N) is 1. The lowest BCUT2D eigenvalue weighted by Gasteiger charge is -2.16. The van der Waals surface area contributed by atoms with Gasteiger partial charge in [-0.05, 0) is 11.8 Å². The Morgan fingerprint density at radius 2 is 2.13 bits per heavy atom. The highest BCUT2D eigenvalue weighted by atomic mass is 16.2. The summed E-state index contributed by atoms with van der Waals surface area (Å²) in [4.78, 5) is 11.0. The molecule has 0 saturated carbocycles. The van der Waals surface area contributed by atoms with E-state index in [-0.39, 0.29) is 5.91 Å². The Bertz CT molecular complexity index is 216. The SMILES string of the molecule is CCC(C)C(C)C=NN(C)CC(=O)NC. The van der Waals surface area contributed by atoms with Crippen LogP contribution in [0.4, 0.5) is 0 Å². The standard InChI is InChI=1S/C11H23N3O/c1-6-9(2)10(3)7-13-14(5)8-11(15)12-4/h7,9-10H,6,8H2,1-5H3,(H,12,15). The fourth-order valence-electron chi connectivity index (χ4n) is 1.07. The van der Waals surface area contributed by atoms with Crippen molar-refractivity contribution >= 4 is 12.1 Å². The first-order valence-electron chi connectivity index (χ1n) is 5.47. The molecule has 0 bridgehead atoms. The second kappa shape index (κ2) is 7.26. The predicted octanol–water partition coefficient (Wildman–Crippen LogP) is 1.33. The molecule has 0 aliphatic carbocycles. The van der Waals surface area contributed by atoms with Crippen LogP contribution in [0.3, 0.4) is 0 Å². The predicted molar refractivity (Wildman–Crippen MR) is 63.8 cm³/mol. The molecule has 0 radical (unpaired) electrons. The third-order valence-electron chi connectivity index (χ3n) is 2.69. The fourth-order valence-corrected chi connectivity index (χ4v) is 1.07. The highest BCUT2D eigenvalue weighted by Gasteiger charge is 2.07. The smallest absolute Gasteiger partial charge is 0.241 e. The lowest BCUT2D eigenvalue weighted by molar-refractivity contribution is -0.121. The second-order valence-corrected chi connectivity index (χ2v) is 4.00. The van der Waals surface area contributed by atoms with E-state index in [4.69, 9.17) is 0 Å². The van der Waals surface area contributed by atoms with E-state index in [0.717, 1.165) is 6.42 Å². The number of hydrogen-bond acceptors (Lipinski definition) is 3. The summed E-state index contributed by atoms with van der Waals surface area (Å²) in [5, 5.41) is 8.44. The number of carbonyl (C=O) groups excluding carboxylic acids is 1. The third-order valence-corrected chi connectivity index (χ3v) is 2.69. The van der Waals surface area contributed by atoms with Crippen LogP contribution < -0.4 is 5.32 Å². The summed E-state index contributed by atoms with van der Waals surface area (Å²) >= 11 is 0. The topological polar surface area (TPSA) is 44.7 Å². The average Bonchev–Trinajstić information content (AvgIpc) is 2.24. The van der Waals surface area contributed by atoms with Crippen LogP contribution in [0.15, 0.2) is 5.10 Å². The second-order valence-electron chi connectivity index (χ2n) is 4.00. The summed E-state index contributed by atoms with van der Waals surface area (Å²) in [6, 6.07) is 0. The zero-order valence-corrected chi connectivity index (χ0v) is 10.4. The van der Waals surface area contributed by atoms with Crippen LogP contribution in [0.25, 0.3) is 0 Å². The van der Waals surface area contributed by atoms with Gasteiger partial charge >= 0.3 is 0 Å². The zero-order valence-electron chi connectivity index (χ0n) is 10.4. The summed E-state index contributed by atoms with van der Waals surface area (Å²) in [6.07, 6.45) is 3.06. The number of amides is 1. The van der Waals surface area contributed by atoms with Crippen LogP contribution in [-0.4, -0.2) is 37.8 Å². The first kappa shape index (κ1) is 13.9. The molecule has 15 heavy (non-hydrogen) atoms. The average molecular weight is 213 g/mol. The molecule has 0 aromatic rings. The Labute approximate surface area is 92.7 Å². The van der Waals surface area contributed by atoms with Gasteiger partial charge in [-0.2, -0.15) is 5.10 Å². The molecule has 1 amide bonds. The molecule has 88 valence electrons. The Hall–Kier alpha value is -1.06. The minimum Gasteiger partial charge on any atom is -0.358 e. The van der Waals surface area contributed by atoms with E-state index in [2.05, 4.69) is 31.2 Å². The maximum absolute atomic E-state index is 11.0. The molecule has 0 aliphatic rings. The number of carbonyl (C=O) groups is 1. The van der Waals surface area contributed by atoms with Gasteiger partial charge in [-0.1, -0.05) is 27.2 Å². The van der Waals surface area contributed by atoms with Crippen LogP contribution in [0.2, 0.25) is 0 Å². The molecule has 0 fully saturated rings. The Kier molecular flexibility index (Phi) is 6.75. The van der Waals surface area contributed by atoms with Crippen molar-refractivity contribution < 1.29 is 4.79 Å². The maximum Gasteiger partial charge on any atom is 0.241 e. The maximum atomic E-state index is 11.0. The molecule has 0 saturated heterocycles. The van der Waals surface area contributed by atoms with Gasteiger partial charge in [-0.25, -0.2) is 0 Å². The summed E-state index contributed by atoms with van der Waals surface area (Å²) in [7, 11) is 3.43. The zero-order chi connectivity index (χ0) is 11.8. The molecule has 0 aromatic heterocycles. The molecule has 0 aromatic carbocycles. The number of hydrogen-bond donors (Lipinski definition) is 1. The molecule has 0 heterocycles. The molecular formula is C11H23N3O. The van der Waals surface area contributed by atoms with Gasteiger partial charge in [0, 0.05) is 20.3 Å². The van der Waals surface area contributed by atoms with Crippen molar-refractivity contribution in [2.24, 2.45) is 16.9 Å². The van der Waals surface area contributed by atoms with E-state index in [1.807, 2.05) is 6.21 Å². The van der Waals surface area contributed by atoms with Crippen molar-refractivity contribution in [1.29, 1.82) is 0 Å². The fraction of sp³-hybridized carbons (Fsp3) is 0.818. The number of hydrazone groups is 1. The molecule has 1 N–H and O–H groups in total. The number of rotatable bonds is 6. The Morgan fingerprint density at radius 1 is 1.53 bits per heavy atom. The van der Waals surface area contributed by atoms with E-state index in [9.17, 15) is 4.79 Å². The summed E-state index contributed by atoms with van der Waals surface area (Å²) in [5.41, 5.74) is 0. The van der Waals surface area contributed by atoms with Gasteiger partial charge in [0.05, 0.1) is 0 Å². The molecule has 0 spiro atoms. The Morgan fingerprint density at radius 3 is 2.60 bits per heavy atom. The summed E-state index contributed by atoms with van der Waals surface area (Å²) < 4.78 is 0. The minimum atomic E-state index is -0.0224. The number of nitrogens with zero attached hydrogens (tertiary/aromatic N) is 2. The van der Waals surface area contributed by atoms with E-state index in [1.54, 1.807) is 19.1 Å². The van der Waals surface area contributed by atoms with Gasteiger partial charge in [0.15, 0.2) is 0 Å². The lowest BCUT2D eigenvalue weighted by Crippen LogP contribution is -2.30. The quantitative estimate of drug-likeness (QED) is 0.534. The first-order chi connectivity index (χ1) is 7.01. The van der Waals surface area contributed by atoms with Crippen molar-refractivity contribution in [1.82, 2.24) is 10.3 Å². The van der Waals surface area contributed by atoms with Crippen molar-refractivity contribution in [2.75, 3.05) is 20.6 Å². The first-order valence-corrected chi connectivity index (χ1v) is 5.47. The van der Waals surface area contributed by atoms with Gasteiger partial charge in [0.1, 0.15) is 6.54 Å². The molecule has 0 aliphatic heterocycles. The van der Waals surface area contributed by atoms with Gasteiger partial charge in [0.2, 0.25) is 5.91 Å².